The molecule has 0 fully saturated rings. The molecule has 7 heteroatoms. The molecular weight excluding hydrogens is 409 g/mol. The largest absolute Gasteiger partial charge is 0.456 e. The van der Waals surface area contributed by atoms with Crippen molar-refractivity contribution in [3.05, 3.63) is 83.7 Å². The van der Waals surface area contributed by atoms with Crippen LogP contribution < -0.4 is 5.32 Å². The van der Waals surface area contributed by atoms with Gasteiger partial charge in [-0.3, -0.25) is 15.1 Å². The first-order chi connectivity index (χ1) is 15.5. The van der Waals surface area contributed by atoms with Gasteiger partial charge in [-0.15, -0.1) is 0 Å². The number of para-hydroxylation sites is 1. The number of nitrogens with one attached hydrogen (secondary N) is 2. The molecule has 1 aromatic heterocycles. The lowest BCUT2D eigenvalue weighted by molar-refractivity contribution is -0.128. The van der Waals surface area contributed by atoms with Crippen molar-refractivity contribution in [1.82, 2.24) is 10.2 Å². The molecule has 1 atom stereocenters. The number of fused-ring (bicyclic) bond motifs is 3. The van der Waals surface area contributed by atoms with Crippen LogP contribution in [0.3, 0.4) is 0 Å². The standard InChI is InChI=1S/C25H22FN3O3/c1-16(17-10-11-23-20(14-17)18-6-3-5-9-22(18)32-23)28-15-24(31)29(12-13-30)25(27)19-7-2-4-8-21(19)26/h2-11,13-14,16,27-28H,12,15H2,1H3. The summed E-state index contributed by atoms with van der Waals surface area (Å²) < 4.78 is 19.9. The maximum Gasteiger partial charge on any atom is 0.242 e. The highest BCUT2D eigenvalue weighted by atomic mass is 19.1. The number of furan rings is 1. The van der Waals surface area contributed by atoms with E-state index in [0.29, 0.717) is 6.29 Å². The maximum absolute atomic E-state index is 14.1. The Kier molecular flexibility index (Phi) is 6.09. The first-order valence-corrected chi connectivity index (χ1v) is 10.2. The van der Waals surface area contributed by atoms with Crippen molar-refractivity contribution in [3.8, 4) is 0 Å². The second-order valence-electron chi connectivity index (χ2n) is 7.46. The molecule has 6 nitrogen and oxygen atoms in total. The summed E-state index contributed by atoms with van der Waals surface area (Å²) in [5.41, 5.74) is 2.52. The Balaban J connectivity index is 1.49. The Morgan fingerprint density at radius 2 is 1.81 bits per heavy atom. The molecule has 0 aliphatic carbocycles. The van der Waals surface area contributed by atoms with E-state index in [9.17, 15) is 14.0 Å². The van der Waals surface area contributed by atoms with E-state index in [1.54, 1.807) is 6.07 Å². The third kappa shape index (κ3) is 4.15. The van der Waals surface area contributed by atoms with Gasteiger partial charge in [0.2, 0.25) is 5.91 Å². The minimum absolute atomic E-state index is 0.0342. The van der Waals surface area contributed by atoms with Gasteiger partial charge in [-0.2, -0.15) is 0 Å². The number of carbonyl (C=O) groups is 2. The number of hydrogen-bond acceptors (Lipinski definition) is 5. The van der Waals surface area contributed by atoms with E-state index in [1.807, 2.05) is 49.4 Å². The second kappa shape index (κ2) is 9.11. The summed E-state index contributed by atoms with van der Waals surface area (Å²) in [5.74, 6) is -1.46. The van der Waals surface area contributed by atoms with Crippen LogP contribution in [0.25, 0.3) is 21.9 Å². The van der Waals surface area contributed by atoms with Gasteiger partial charge in [0, 0.05) is 16.8 Å². The van der Waals surface area contributed by atoms with Gasteiger partial charge in [0.15, 0.2) is 0 Å². The Hall–Kier alpha value is -3.84. The summed E-state index contributed by atoms with van der Waals surface area (Å²) in [6, 6.07) is 19.2. The lowest BCUT2D eigenvalue weighted by Crippen LogP contribution is -2.43. The highest BCUT2D eigenvalue weighted by molar-refractivity contribution is 6.08. The van der Waals surface area contributed by atoms with Crippen molar-refractivity contribution < 1.29 is 18.4 Å². The molecule has 32 heavy (non-hydrogen) atoms. The van der Waals surface area contributed by atoms with Gasteiger partial charge >= 0.3 is 0 Å². The third-order valence-electron chi connectivity index (χ3n) is 5.42. The van der Waals surface area contributed by atoms with Gasteiger partial charge in [-0.25, -0.2) is 4.39 Å². The first-order valence-electron chi connectivity index (χ1n) is 10.2. The van der Waals surface area contributed by atoms with Crippen LogP contribution in [0.2, 0.25) is 0 Å². The number of hydrogen-bond donors (Lipinski definition) is 2. The fraction of sp³-hybridized carbons (Fsp3) is 0.160. The van der Waals surface area contributed by atoms with Crippen LogP contribution in [0.1, 0.15) is 24.1 Å². The van der Waals surface area contributed by atoms with E-state index < -0.39 is 11.7 Å². The number of amidine groups is 1. The summed E-state index contributed by atoms with van der Waals surface area (Å²) in [4.78, 5) is 24.8. The molecule has 0 saturated carbocycles. The molecule has 0 aliphatic rings. The molecule has 0 saturated heterocycles. The summed E-state index contributed by atoms with van der Waals surface area (Å²) in [6.45, 7) is 1.48. The molecule has 0 bridgehead atoms. The zero-order chi connectivity index (χ0) is 22.7. The number of carbonyl (C=O) groups excluding carboxylic acids is 2. The number of nitrogens with zero attached hydrogens (tertiary/aromatic N) is 1. The molecule has 162 valence electrons. The minimum atomic E-state index is -0.622. The zero-order valence-electron chi connectivity index (χ0n) is 17.5. The van der Waals surface area contributed by atoms with Crippen molar-refractivity contribution >= 4 is 40.0 Å². The minimum Gasteiger partial charge on any atom is -0.456 e. The quantitative estimate of drug-likeness (QED) is 0.258. The van der Waals surface area contributed by atoms with E-state index >= 15 is 0 Å². The monoisotopic (exact) mass is 431 g/mol. The molecule has 2 N–H and O–H groups in total. The van der Waals surface area contributed by atoms with Crippen LogP contribution in [0.4, 0.5) is 4.39 Å². The zero-order valence-corrected chi connectivity index (χ0v) is 17.5. The van der Waals surface area contributed by atoms with Crippen LogP contribution in [0, 0.1) is 11.2 Å². The molecule has 0 spiro atoms. The smallest absolute Gasteiger partial charge is 0.242 e. The SMILES string of the molecule is CC(NCC(=O)N(CC=O)C(=N)c1ccccc1F)c1ccc2oc3ccccc3c2c1. The number of halogens is 1. The molecule has 0 radical (unpaired) electrons. The van der Waals surface area contributed by atoms with Crippen LogP contribution >= 0.6 is 0 Å². The van der Waals surface area contributed by atoms with Gasteiger partial charge in [0.25, 0.3) is 0 Å². The van der Waals surface area contributed by atoms with Crippen molar-refractivity contribution in [1.29, 1.82) is 5.41 Å². The van der Waals surface area contributed by atoms with Crippen molar-refractivity contribution in [2.75, 3.05) is 13.1 Å². The third-order valence-corrected chi connectivity index (χ3v) is 5.42. The van der Waals surface area contributed by atoms with Gasteiger partial charge < -0.3 is 14.5 Å². The highest BCUT2D eigenvalue weighted by Crippen LogP contribution is 2.30. The predicted octanol–water partition coefficient (Wildman–Crippen LogP) is 4.43. The molecule has 3 aromatic carbocycles. The normalized spacial score (nSPS) is 12.1. The number of rotatable bonds is 7. The fourth-order valence-electron chi connectivity index (χ4n) is 3.66. The molecule has 0 aliphatic heterocycles. The molecule has 1 amide bonds. The highest BCUT2D eigenvalue weighted by Gasteiger charge is 2.22. The maximum atomic E-state index is 14.1. The molecule has 1 unspecified atom stereocenters. The Bertz CT molecular complexity index is 1310. The van der Waals surface area contributed by atoms with Gasteiger partial charge in [-0.1, -0.05) is 36.4 Å². The topological polar surface area (TPSA) is 86.4 Å². The average molecular weight is 431 g/mol. The van der Waals surface area contributed by atoms with Crippen LogP contribution in [0.15, 0.2) is 71.1 Å². The summed E-state index contributed by atoms with van der Waals surface area (Å²) in [5, 5.41) is 13.4. The second-order valence-corrected chi connectivity index (χ2v) is 7.46. The summed E-state index contributed by atoms with van der Waals surface area (Å²) in [7, 11) is 0. The first kappa shape index (κ1) is 21.4. The molecule has 4 rings (SSSR count). The Morgan fingerprint density at radius 3 is 2.59 bits per heavy atom. The fourth-order valence-corrected chi connectivity index (χ4v) is 3.66. The van der Waals surface area contributed by atoms with Crippen LogP contribution in [0.5, 0.6) is 0 Å². The van der Waals surface area contributed by atoms with E-state index in [2.05, 4.69) is 5.32 Å². The average Bonchev–Trinajstić information content (AvgIpc) is 3.18. The number of amides is 1. The van der Waals surface area contributed by atoms with Gasteiger partial charge in [0.1, 0.15) is 29.1 Å². The van der Waals surface area contributed by atoms with E-state index in [0.717, 1.165) is 32.4 Å². The number of benzene rings is 3. The van der Waals surface area contributed by atoms with Crippen molar-refractivity contribution in [2.45, 2.75) is 13.0 Å². The van der Waals surface area contributed by atoms with E-state index in [4.69, 9.17) is 9.83 Å². The summed E-state index contributed by atoms with van der Waals surface area (Å²) in [6.07, 6.45) is 0.522. The predicted molar refractivity (Wildman–Crippen MR) is 121 cm³/mol. The molecule has 1 heterocycles. The number of aldehydes is 1. The van der Waals surface area contributed by atoms with E-state index in [-0.39, 0.29) is 30.5 Å². The van der Waals surface area contributed by atoms with Crippen LogP contribution in [-0.2, 0) is 9.59 Å². The summed E-state index contributed by atoms with van der Waals surface area (Å²) >= 11 is 0. The van der Waals surface area contributed by atoms with Crippen LogP contribution in [-0.4, -0.2) is 36.0 Å². The van der Waals surface area contributed by atoms with Crippen molar-refractivity contribution in [3.63, 3.8) is 0 Å². The van der Waals surface area contributed by atoms with Crippen molar-refractivity contribution in [2.24, 2.45) is 0 Å². The Labute approximate surface area is 184 Å². The lowest BCUT2D eigenvalue weighted by Gasteiger charge is -2.23. The molecular formula is C25H22FN3O3. The Morgan fingerprint density at radius 1 is 1.09 bits per heavy atom. The van der Waals surface area contributed by atoms with E-state index in [1.165, 1.54) is 18.2 Å². The van der Waals surface area contributed by atoms with Gasteiger partial charge in [-0.05, 0) is 42.8 Å². The lowest BCUT2D eigenvalue weighted by atomic mass is 10.0. The van der Waals surface area contributed by atoms with Gasteiger partial charge in [0.05, 0.1) is 18.7 Å². The molecule has 4 aromatic rings.